The summed E-state index contributed by atoms with van der Waals surface area (Å²) in [4.78, 5) is 0. The Labute approximate surface area is 103 Å². The fraction of sp³-hybridized carbons (Fsp3) is 0.417. The number of aromatic hydroxyl groups is 1. The number of fused-ring (bicyclic) bond motifs is 1. The van der Waals surface area contributed by atoms with E-state index >= 15 is 0 Å². The predicted octanol–water partition coefficient (Wildman–Crippen LogP) is 2.23. The number of ether oxygens (including phenoxy) is 2. The van der Waals surface area contributed by atoms with Crippen LogP contribution in [0.25, 0.3) is 0 Å². The molecule has 0 aliphatic carbocycles. The second kappa shape index (κ2) is 4.61. The van der Waals surface area contributed by atoms with Crippen molar-refractivity contribution in [1.82, 2.24) is 0 Å². The van der Waals surface area contributed by atoms with Gasteiger partial charge >= 0.3 is 6.29 Å². The molecule has 0 bridgehead atoms. The molecule has 0 saturated carbocycles. The van der Waals surface area contributed by atoms with Gasteiger partial charge in [-0.2, -0.15) is 0 Å². The monoisotopic (exact) mass is 259 g/mol. The summed E-state index contributed by atoms with van der Waals surface area (Å²) < 4.78 is 34.1. The molecule has 1 radical (unpaired) electrons. The minimum atomic E-state index is -3.73. The highest BCUT2D eigenvalue weighted by Gasteiger charge is 2.45. The number of halogens is 2. The summed E-state index contributed by atoms with van der Waals surface area (Å²) in [6.07, 6.45) is -2.94. The molecule has 0 unspecified atom stereocenters. The fourth-order valence-corrected chi connectivity index (χ4v) is 1.77. The minimum absolute atomic E-state index is 0.182. The number of aliphatic hydroxyl groups excluding tert-OH is 1. The first-order valence-electron chi connectivity index (χ1n) is 5.51. The average Bonchev–Trinajstić information content (AvgIpc) is 2.57. The van der Waals surface area contributed by atoms with Crippen molar-refractivity contribution < 1.29 is 28.5 Å². The van der Waals surface area contributed by atoms with Gasteiger partial charge in [-0.05, 0) is 37.8 Å². The van der Waals surface area contributed by atoms with Gasteiger partial charge in [-0.3, -0.25) is 0 Å². The molecule has 0 amide bonds. The summed E-state index contributed by atoms with van der Waals surface area (Å²) in [5.41, 5.74) is 0.468. The molecule has 99 valence electrons. The summed E-state index contributed by atoms with van der Waals surface area (Å²) in [7, 11) is 0. The Kier molecular flexibility index (Phi) is 3.30. The van der Waals surface area contributed by atoms with E-state index in [9.17, 15) is 13.9 Å². The Hall–Kier alpha value is -1.56. The molecule has 2 N–H and O–H groups in total. The molecule has 1 aromatic rings. The van der Waals surface area contributed by atoms with Crippen LogP contribution in [0, 0.1) is 6.92 Å². The maximum Gasteiger partial charge on any atom is 0.586 e. The van der Waals surface area contributed by atoms with Crippen molar-refractivity contribution in [2.75, 3.05) is 0 Å². The van der Waals surface area contributed by atoms with E-state index in [4.69, 9.17) is 5.11 Å². The van der Waals surface area contributed by atoms with Crippen LogP contribution in [-0.4, -0.2) is 22.6 Å². The zero-order valence-electron chi connectivity index (χ0n) is 9.53. The Morgan fingerprint density at radius 3 is 2.72 bits per heavy atom. The molecule has 1 aliphatic rings. The van der Waals surface area contributed by atoms with E-state index in [1.165, 1.54) is 12.1 Å². The zero-order valence-corrected chi connectivity index (χ0v) is 9.53. The van der Waals surface area contributed by atoms with Crippen LogP contribution in [0.2, 0.25) is 0 Å². The van der Waals surface area contributed by atoms with Crippen LogP contribution in [0.3, 0.4) is 0 Å². The zero-order chi connectivity index (χ0) is 13.3. The van der Waals surface area contributed by atoms with E-state index in [0.717, 1.165) is 0 Å². The van der Waals surface area contributed by atoms with Crippen molar-refractivity contribution in [3.63, 3.8) is 0 Å². The lowest BCUT2D eigenvalue weighted by molar-refractivity contribution is -0.287. The Morgan fingerprint density at radius 1 is 1.33 bits per heavy atom. The van der Waals surface area contributed by atoms with Crippen LogP contribution in [0.1, 0.15) is 18.4 Å². The molecular weight excluding hydrogens is 246 g/mol. The first-order valence-corrected chi connectivity index (χ1v) is 5.51. The van der Waals surface area contributed by atoms with Crippen LogP contribution in [0.4, 0.5) is 8.78 Å². The van der Waals surface area contributed by atoms with Gasteiger partial charge in [0.2, 0.25) is 5.75 Å². The average molecular weight is 259 g/mol. The smallest absolute Gasteiger partial charge is 0.504 e. The number of phenols is 1. The van der Waals surface area contributed by atoms with Crippen molar-refractivity contribution in [2.24, 2.45) is 0 Å². The summed E-state index contributed by atoms with van der Waals surface area (Å²) in [5.74, 6) is -0.866. The van der Waals surface area contributed by atoms with Crippen LogP contribution in [0.15, 0.2) is 12.1 Å². The molecule has 0 fully saturated rings. The van der Waals surface area contributed by atoms with E-state index in [1.54, 1.807) is 0 Å². The van der Waals surface area contributed by atoms with E-state index in [-0.39, 0.29) is 17.2 Å². The van der Waals surface area contributed by atoms with Gasteiger partial charge < -0.3 is 19.7 Å². The van der Waals surface area contributed by atoms with Crippen LogP contribution in [-0.2, 0) is 6.42 Å². The molecule has 2 rings (SSSR count). The summed E-state index contributed by atoms with van der Waals surface area (Å²) in [5, 5.41) is 18.8. The largest absolute Gasteiger partial charge is 0.586 e. The van der Waals surface area contributed by atoms with Gasteiger partial charge in [0.25, 0.3) is 0 Å². The van der Waals surface area contributed by atoms with Crippen LogP contribution >= 0.6 is 0 Å². The topological polar surface area (TPSA) is 58.9 Å². The van der Waals surface area contributed by atoms with Gasteiger partial charge in [-0.1, -0.05) is 6.07 Å². The van der Waals surface area contributed by atoms with Crippen molar-refractivity contribution in [2.45, 2.75) is 31.7 Å². The lowest BCUT2D eigenvalue weighted by atomic mass is 10.0. The number of alkyl halides is 2. The number of aliphatic hydroxyl groups is 1. The third kappa shape index (κ3) is 2.64. The molecule has 1 atom stereocenters. The highest BCUT2D eigenvalue weighted by atomic mass is 19.3. The van der Waals surface area contributed by atoms with Crippen molar-refractivity contribution in [3.8, 4) is 17.2 Å². The van der Waals surface area contributed by atoms with E-state index in [0.29, 0.717) is 24.8 Å². The standard InChI is InChI=1S/C12H13F2O4/c1-7(15)3-2-4-8-5-6-9-11(10(8)16)18-12(13,14)17-9/h5-7,15-16H,1-4H2/t7-/m0/s1. The van der Waals surface area contributed by atoms with E-state index in [2.05, 4.69) is 16.4 Å². The molecule has 0 saturated heterocycles. The highest BCUT2D eigenvalue weighted by molar-refractivity contribution is 5.56. The molecular formula is C12H13F2O4. The first kappa shape index (κ1) is 12.9. The third-order valence-electron chi connectivity index (χ3n) is 2.61. The Bertz CT molecular complexity index is 446. The maximum absolute atomic E-state index is 12.8. The molecule has 1 aliphatic heterocycles. The quantitative estimate of drug-likeness (QED) is 0.870. The number of hydrogen-bond acceptors (Lipinski definition) is 4. The molecule has 18 heavy (non-hydrogen) atoms. The summed E-state index contributed by atoms with van der Waals surface area (Å²) in [6.45, 7) is 3.42. The number of aryl methyl sites for hydroxylation is 1. The molecule has 4 nitrogen and oxygen atoms in total. The van der Waals surface area contributed by atoms with Crippen LogP contribution < -0.4 is 9.47 Å². The number of rotatable bonds is 4. The van der Waals surface area contributed by atoms with Gasteiger partial charge in [0.1, 0.15) is 0 Å². The molecule has 1 aromatic carbocycles. The van der Waals surface area contributed by atoms with Gasteiger partial charge in [-0.25, -0.2) is 0 Å². The maximum atomic E-state index is 12.8. The molecule has 0 spiro atoms. The van der Waals surface area contributed by atoms with Crippen molar-refractivity contribution >= 4 is 0 Å². The number of phenolic OH excluding ortho intramolecular Hbond substituents is 1. The predicted molar refractivity (Wildman–Crippen MR) is 58.6 cm³/mol. The molecule has 6 heteroatoms. The first-order chi connectivity index (χ1) is 8.39. The normalized spacial score (nSPS) is 17.8. The Morgan fingerprint density at radius 2 is 2.06 bits per heavy atom. The SMILES string of the molecule is [CH2][C@H](O)CCCc1ccc2c(c1O)OC(F)(F)O2. The number of hydrogen-bond donors (Lipinski definition) is 2. The van der Waals surface area contributed by atoms with Crippen LogP contribution in [0.5, 0.6) is 17.2 Å². The fourth-order valence-electron chi connectivity index (χ4n) is 1.77. The lowest BCUT2D eigenvalue weighted by Crippen LogP contribution is -2.25. The second-order valence-corrected chi connectivity index (χ2v) is 4.11. The molecule has 0 aromatic heterocycles. The third-order valence-corrected chi connectivity index (χ3v) is 2.61. The van der Waals surface area contributed by atoms with Gasteiger partial charge in [0.15, 0.2) is 11.5 Å². The lowest BCUT2D eigenvalue weighted by Gasteiger charge is -2.08. The second-order valence-electron chi connectivity index (χ2n) is 4.11. The molecule has 1 heterocycles. The van der Waals surface area contributed by atoms with Crippen molar-refractivity contribution in [1.29, 1.82) is 0 Å². The minimum Gasteiger partial charge on any atom is -0.504 e. The van der Waals surface area contributed by atoms with E-state index in [1.807, 2.05) is 0 Å². The summed E-state index contributed by atoms with van der Waals surface area (Å²) >= 11 is 0. The van der Waals surface area contributed by atoms with Crippen molar-refractivity contribution in [3.05, 3.63) is 24.6 Å². The number of benzene rings is 1. The van der Waals surface area contributed by atoms with Gasteiger partial charge in [0, 0.05) is 0 Å². The summed E-state index contributed by atoms with van der Waals surface area (Å²) in [6, 6.07) is 2.82. The highest BCUT2D eigenvalue weighted by Crippen LogP contribution is 2.48. The Balaban J connectivity index is 2.11. The van der Waals surface area contributed by atoms with Gasteiger partial charge in [0.05, 0.1) is 6.10 Å². The van der Waals surface area contributed by atoms with E-state index < -0.39 is 12.4 Å². The van der Waals surface area contributed by atoms with Gasteiger partial charge in [-0.15, -0.1) is 8.78 Å².